The number of carboxylic acids is 1. The van der Waals surface area contributed by atoms with Crippen molar-refractivity contribution < 1.29 is 9.90 Å². The third-order valence-electron chi connectivity index (χ3n) is 2.11. The van der Waals surface area contributed by atoms with Crippen LogP contribution in [0.5, 0.6) is 0 Å². The molecule has 0 radical (unpaired) electrons. The third-order valence-corrected chi connectivity index (χ3v) is 3.22. The maximum absolute atomic E-state index is 10.3. The summed E-state index contributed by atoms with van der Waals surface area (Å²) >= 11 is 7.33. The van der Waals surface area contributed by atoms with E-state index in [1.807, 2.05) is 18.4 Å². The largest absolute Gasteiger partial charge is 0.481 e. The number of hydrogen-bond donors (Lipinski definition) is 2. The first-order chi connectivity index (χ1) is 7.09. The minimum atomic E-state index is -0.747. The van der Waals surface area contributed by atoms with Gasteiger partial charge in [0, 0.05) is 12.5 Å². The highest BCUT2D eigenvalue weighted by Crippen LogP contribution is 2.24. The molecular formula is C10H14ClNO2S. The number of carbonyl (C=O) groups is 1. The van der Waals surface area contributed by atoms with Gasteiger partial charge in [-0.2, -0.15) is 0 Å². The van der Waals surface area contributed by atoms with Crippen LogP contribution in [0.4, 0.5) is 0 Å². The topological polar surface area (TPSA) is 49.3 Å². The van der Waals surface area contributed by atoms with Crippen LogP contribution in [-0.4, -0.2) is 17.6 Å². The molecule has 3 nitrogen and oxygen atoms in total. The molecule has 0 fully saturated rings. The molecular weight excluding hydrogens is 234 g/mol. The van der Waals surface area contributed by atoms with E-state index in [-0.39, 0.29) is 12.5 Å². The van der Waals surface area contributed by atoms with E-state index in [2.05, 4.69) is 5.32 Å². The van der Waals surface area contributed by atoms with Crippen molar-refractivity contribution in [2.75, 3.05) is 6.54 Å². The second-order valence-electron chi connectivity index (χ2n) is 3.36. The average Bonchev–Trinajstić information content (AvgIpc) is 2.59. The molecule has 0 spiro atoms. The Labute approximate surface area is 98.1 Å². The van der Waals surface area contributed by atoms with E-state index in [1.165, 1.54) is 11.3 Å². The van der Waals surface area contributed by atoms with Gasteiger partial charge >= 0.3 is 5.97 Å². The molecule has 0 saturated heterocycles. The first-order valence-electron chi connectivity index (χ1n) is 4.78. The van der Waals surface area contributed by atoms with Gasteiger partial charge in [0.15, 0.2) is 0 Å². The van der Waals surface area contributed by atoms with Gasteiger partial charge in [-0.05, 0) is 36.9 Å². The van der Waals surface area contributed by atoms with Crippen LogP contribution >= 0.6 is 22.9 Å². The molecule has 2 N–H and O–H groups in total. The zero-order chi connectivity index (χ0) is 11.3. The lowest BCUT2D eigenvalue weighted by atomic mass is 10.2. The molecule has 5 heteroatoms. The highest BCUT2D eigenvalue weighted by Gasteiger charge is 2.06. The van der Waals surface area contributed by atoms with Crippen molar-refractivity contribution >= 4 is 28.9 Å². The van der Waals surface area contributed by atoms with Gasteiger partial charge in [-0.15, -0.1) is 11.3 Å². The Morgan fingerprint density at radius 2 is 2.47 bits per heavy atom. The van der Waals surface area contributed by atoms with Crippen molar-refractivity contribution in [3.8, 4) is 0 Å². The van der Waals surface area contributed by atoms with E-state index in [0.717, 1.165) is 9.90 Å². The van der Waals surface area contributed by atoms with E-state index in [9.17, 15) is 4.79 Å². The molecule has 1 aromatic heterocycles. The summed E-state index contributed by atoms with van der Waals surface area (Å²) in [4.78, 5) is 10.3. The summed E-state index contributed by atoms with van der Waals surface area (Å²) in [5.41, 5.74) is 1.15. The second kappa shape index (κ2) is 6.10. The minimum absolute atomic E-state index is 0.212. The number of carboxylic acid groups (broad SMARTS) is 1. The molecule has 1 unspecified atom stereocenters. The molecule has 1 rings (SSSR count). The number of thiophene rings is 1. The number of nitrogens with one attached hydrogen (secondary N) is 1. The third kappa shape index (κ3) is 4.64. The number of aliphatic carboxylic acids is 1. The molecule has 1 heterocycles. The molecule has 1 atom stereocenters. The Balaban J connectivity index is 2.24. The molecule has 0 amide bonds. The van der Waals surface area contributed by atoms with Gasteiger partial charge < -0.3 is 10.4 Å². The highest BCUT2D eigenvalue weighted by atomic mass is 35.5. The molecule has 15 heavy (non-hydrogen) atoms. The Hall–Kier alpha value is -0.580. The lowest BCUT2D eigenvalue weighted by molar-refractivity contribution is -0.137. The molecule has 0 aliphatic carbocycles. The first kappa shape index (κ1) is 12.5. The number of rotatable bonds is 6. The summed E-state index contributed by atoms with van der Waals surface area (Å²) in [5, 5.41) is 13.7. The van der Waals surface area contributed by atoms with Crippen LogP contribution < -0.4 is 5.32 Å². The molecule has 84 valence electrons. The standard InChI is InChI=1S/C10H14ClNO2S/c1-7(8-5-9(11)15-6-8)12-4-2-3-10(13)14/h5-7,12H,2-4H2,1H3,(H,13,14). The van der Waals surface area contributed by atoms with Gasteiger partial charge in [-0.3, -0.25) is 4.79 Å². The lowest BCUT2D eigenvalue weighted by Gasteiger charge is -2.11. The van der Waals surface area contributed by atoms with E-state index < -0.39 is 5.97 Å². The fourth-order valence-corrected chi connectivity index (χ4v) is 2.21. The van der Waals surface area contributed by atoms with Crippen molar-refractivity contribution in [2.24, 2.45) is 0 Å². The second-order valence-corrected chi connectivity index (χ2v) is 4.90. The quantitative estimate of drug-likeness (QED) is 0.760. The monoisotopic (exact) mass is 247 g/mol. The maximum atomic E-state index is 10.3. The van der Waals surface area contributed by atoms with Crippen LogP contribution in [0.15, 0.2) is 11.4 Å². The summed E-state index contributed by atoms with van der Waals surface area (Å²) in [6.07, 6.45) is 0.863. The van der Waals surface area contributed by atoms with Crippen molar-refractivity contribution in [3.63, 3.8) is 0 Å². The molecule has 0 aliphatic rings. The maximum Gasteiger partial charge on any atom is 0.303 e. The van der Waals surface area contributed by atoms with Crippen molar-refractivity contribution in [1.82, 2.24) is 5.32 Å². The van der Waals surface area contributed by atoms with Crippen LogP contribution in [0.1, 0.15) is 31.4 Å². The zero-order valence-electron chi connectivity index (χ0n) is 8.50. The molecule has 0 aromatic carbocycles. The van der Waals surface area contributed by atoms with Gasteiger partial charge in [-0.1, -0.05) is 11.6 Å². The summed E-state index contributed by atoms with van der Waals surface area (Å²) in [7, 11) is 0. The normalized spacial score (nSPS) is 12.7. The Bertz CT molecular complexity index is 327. The average molecular weight is 248 g/mol. The summed E-state index contributed by atoms with van der Waals surface area (Å²) < 4.78 is 0.782. The van der Waals surface area contributed by atoms with Gasteiger partial charge in [0.2, 0.25) is 0 Å². The minimum Gasteiger partial charge on any atom is -0.481 e. The number of halogens is 1. The van der Waals surface area contributed by atoms with Gasteiger partial charge in [0.1, 0.15) is 0 Å². The smallest absolute Gasteiger partial charge is 0.303 e. The van der Waals surface area contributed by atoms with Crippen LogP contribution in [0.3, 0.4) is 0 Å². The van der Waals surface area contributed by atoms with Gasteiger partial charge in [0.25, 0.3) is 0 Å². The molecule has 1 aromatic rings. The number of hydrogen-bond acceptors (Lipinski definition) is 3. The molecule has 0 saturated carbocycles. The van der Waals surface area contributed by atoms with E-state index in [0.29, 0.717) is 13.0 Å². The van der Waals surface area contributed by atoms with Gasteiger partial charge in [-0.25, -0.2) is 0 Å². The van der Waals surface area contributed by atoms with Crippen molar-refractivity contribution in [2.45, 2.75) is 25.8 Å². The Morgan fingerprint density at radius 3 is 3.00 bits per heavy atom. The summed E-state index contributed by atoms with van der Waals surface area (Å²) in [5.74, 6) is -0.747. The predicted octanol–water partition coefficient (Wildman–Crippen LogP) is 2.92. The fourth-order valence-electron chi connectivity index (χ4n) is 1.23. The van der Waals surface area contributed by atoms with E-state index in [1.54, 1.807) is 0 Å². The van der Waals surface area contributed by atoms with Crippen LogP contribution in [0.25, 0.3) is 0 Å². The Morgan fingerprint density at radius 1 is 1.73 bits per heavy atom. The first-order valence-corrected chi connectivity index (χ1v) is 6.04. The van der Waals surface area contributed by atoms with Crippen LogP contribution in [-0.2, 0) is 4.79 Å². The van der Waals surface area contributed by atoms with Crippen molar-refractivity contribution in [3.05, 3.63) is 21.3 Å². The highest BCUT2D eigenvalue weighted by molar-refractivity contribution is 7.14. The SMILES string of the molecule is CC(NCCCC(=O)O)c1csc(Cl)c1. The van der Waals surface area contributed by atoms with Gasteiger partial charge in [0.05, 0.1) is 4.34 Å². The lowest BCUT2D eigenvalue weighted by Crippen LogP contribution is -2.20. The van der Waals surface area contributed by atoms with E-state index >= 15 is 0 Å². The van der Waals surface area contributed by atoms with E-state index in [4.69, 9.17) is 16.7 Å². The summed E-state index contributed by atoms with van der Waals surface area (Å²) in [6.45, 7) is 2.75. The van der Waals surface area contributed by atoms with Crippen LogP contribution in [0, 0.1) is 0 Å². The zero-order valence-corrected chi connectivity index (χ0v) is 10.1. The fraction of sp³-hybridized carbons (Fsp3) is 0.500. The van der Waals surface area contributed by atoms with Crippen LogP contribution in [0.2, 0.25) is 4.34 Å². The molecule has 0 bridgehead atoms. The molecule has 0 aliphatic heterocycles. The predicted molar refractivity (Wildman–Crippen MR) is 62.6 cm³/mol. The van der Waals surface area contributed by atoms with Crippen molar-refractivity contribution in [1.29, 1.82) is 0 Å². The Kier molecular flexibility index (Phi) is 5.08. The summed E-state index contributed by atoms with van der Waals surface area (Å²) in [6, 6.07) is 2.16.